The molecule has 0 bridgehead atoms. The van der Waals surface area contributed by atoms with Crippen molar-refractivity contribution in [3.8, 4) is 0 Å². The molecule has 3 N–H and O–H groups in total. The van der Waals surface area contributed by atoms with E-state index in [9.17, 15) is 19.4 Å². The molecule has 0 radical (unpaired) electrons. The standard InChI is InChI=1S/C54H105N2O6P/c1-6-8-10-12-14-16-18-20-22-23-24-25-26-27-28-29-30-31-32-33-34-35-37-39-41-43-45-47-53(57)52(51-62-63(59,60)61-50-49-56(3,4)5)55-54(58)48-46-44-42-40-38-36-21-19-17-15-13-11-9-7-2/h32-33,37,39,45,47,52-53,57H,6-31,34-36,38,40-44,46,48-51H2,1-5H3,(H-,55,58,59,60)/p+1/b33-32+,39-37+,47-45+. The van der Waals surface area contributed by atoms with Crippen molar-refractivity contribution in [2.75, 3.05) is 40.9 Å². The van der Waals surface area contributed by atoms with Crippen LogP contribution in [-0.4, -0.2) is 73.4 Å². The van der Waals surface area contributed by atoms with Crippen molar-refractivity contribution < 1.29 is 32.9 Å². The number of nitrogens with zero attached hydrogens (tertiary/aromatic N) is 1. The Balaban J connectivity index is 4.28. The van der Waals surface area contributed by atoms with Gasteiger partial charge in [0.1, 0.15) is 13.2 Å². The smallest absolute Gasteiger partial charge is 0.387 e. The highest BCUT2D eigenvalue weighted by molar-refractivity contribution is 7.47. The highest BCUT2D eigenvalue weighted by atomic mass is 31.2. The van der Waals surface area contributed by atoms with Crippen molar-refractivity contribution in [1.29, 1.82) is 0 Å². The Bertz CT molecular complexity index is 1120. The van der Waals surface area contributed by atoms with E-state index in [1.165, 1.54) is 186 Å². The lowest BCUT2D eigenvalue weighted by molar-refractivity contribution is -0.870. The van der Waals surface area contributed by atoms with Crippen LogP contribution in [0.25, 0.3) is 0 Å². The summed E-state index contributed by atoms with van der Waals surface area (Å²) in [6, 6.07) is -0.866. The van der Waals surface area contributed by atoms with Gasteiger partial charge in [0, 0.05) is 6.42 Å². The number of rotatable bonds is 49. The number of hydrogen-bond acceptors (Lipinski definition) is 5. The molecule has 0 saturated carbocycles. The Labute approximate surface area is 391 Å². The van der Waals surface area contributed by atoms with Crippen LogP contribution in [0.1, 0.15) is 251 Å². The largest absolute Gasteiger partial charge is 0.472 e. The summed E-state index contributed by atoms with van der Waals surface area (Å²) in [6.07, 6.45) is 58.2. The minimum atomic E-state index is -4.35. The molecule has 0 aliphatic heterocycles. The normalized spacial score (nSPS) is 14.3. The first kappa shape index (κ1) is 61.7. The summed E-state index contributed by atoms with van der Waals surface area (Å²) < 4.78 is 23.6. The number of nitrogens with one attached hydrogen (secondary N) is 1. The van der Waals surface area contributed by atoms with E-state index in [0.29, 0.717) is 17.4 Å². The topological polar surface area (TPSA) is 105 Å². The first-order valence-corrected chi connectivity index (χ1v) is 28.4. The third-order valence-electron chi connectivity index (χ3n) is 12.1. The van der Waals surface area contributed by atoms with Gasteiger partial charge in [0.15, 0.2) is 0 Å². The predicted molar refractivity (Wildman–Crippen MR) is 272 cm³/mol. The number of quaternary nitrogens is 1. The van der Waals surface area contributed by atoms with Crippen molar-refractivity contribution in [1.82, 2.24) is 5.32 Å². The molecule has 9 heteroatoms. The van der Waals surface area contributed by atoms with Crippen LogP contribution in [-0.2, 0) is 18.4 Å². The van der Waals surface area contributed by atoms with Crippen LogP contribution in [0.4, 0.5) is 0 Å². The minimum absolute atomic E-state index is 0.0549. The number of phosphoric ester groups is 1. The number of unbranched alkanes of at least 4 members (excludes halogenated alkanes) is 32. The van der Waals surface area contributed by atoms with Crippen LogP contribution in [0.2, 0.25) is 0 Å². The summed E-state index contributed by atoms with van der Waals surface area (Å²) >= 11 is 0. The lowest BCUT2D eigenvalue weighted by Crippen LogP contribution is -2.45. The van der Waals surface area contributed by atoms with Crippen molar-refractivity contribution in [3.05, 3.63) is 36.5 Å². The van der Waals surface area contributed by atoms with E-state index in [4.69, 9.17) is 9.05 Å². The zero-order valence-corrected chi connectivity index (χ0v) is 43.2. The van der Waals surface area contributed by atoms with E-state index in [2.05, 4.69) is 43.5 Å². The molecule has 0 aromatic rings. The Morgan fingerprint density at radius 1 is 0.524 bits per heavy atom. The summed E-state index contributed by atoms with van der Waals surface area (Å²) in [6.45, 7) is 4.81. The molecule has 372 valence electrons. The number of aliphatic hydroxyl groups is 1. The van der Waals surface area contributed by atoms with Crippen LogP contribution in [0.3, 0.4) is 0 Å². The van der Waals surface area contributed by atoms with E-state index in [-0.39, 0.29) is 19.1 Å². The second-order valence-electron chi connectivity index (χ2n) is 19.6. The number of aliphatic hydroxyl groups excluding tert-OH is 1. The molecule has 3 atom stereocenters. The zero-order chi connectivity index (χ0) is 46.4. The summed E-state index contributed by atoms with van der Waals surface area (Å²) in [4.78, 5) is 23.2. The Hall–Kier alpha value is -1.28. The number of allylic oxidation sites excluding steroid dienone is 5. The second kappa shape index (κ2) is 45.9. The molecule has 1 amide bonds. The summed E-state index contributed by atoms with van der Waals surface area (Å²) in [5, 5.41) is 13.9. The molecule has 0 aromatic heterocycles. The molecule has 0 saturated heterocycles. The van der Waals surface area contributed by atoms with Crippen LogP contribution >= 0.6 is 7.82 Å². The average molecular weight is 910 g/mol. The van der Waals surface area contributed by atoms with Gasteiger partial charge in [0.2, 0.25) is 5.91 Å². The van der Waals surface area contributed by atoms with Crippen LogP contribution in [0, 0.1) is 0 Å². The molecular weight excluding hydrogens is 804 g/mol. The fraction of sp³-hybridized carbons (Fsp3) is 0.870. The average Bonchev–Trinajstić information content (AvgIpc) is 3.24. The molecule has 0 rings (SSSR count). The molecule has 8 nitrogen and oxygen atoms in total. The van der Waals surface area contributed by atoms with Crippen LogP contribution in [0.5, 0.6) is 0 Å². The lowest BCUT2D eigenvalue weighted by Gasteiger charge is -2.25. The molecular formula is C54H106N2O6P+. The summed E-state index contributed by atoms with van der Waals surface area (Å²) in [7, 11) is 1.55. The fourth-order valence-corrected chi connectivity index (χ4v) is 8.58. The lowest BCUT2D eigenvalue weighted by atomic mass is 10.0. The highest BCUT2D eigenvalue weighted by Gasteiger charge is 2.27. The van der Waals surface area contributed by atoms with Crippen molar-refractivity contribution >= 4 is 13.7 Å². The Morgan fingerprint density at radius 3 is 1.27 bits per heavy atom. The summed E-state index contributed by atoms with van der Waals surface area (Å²) in [5.41, 5.74) is 0. The van der Waals surface area contributed by atoms with E-state index in [1.807, 2.05) is 27.2 Å². The molecule has 0 aliphatic rings. The van der Waals surface area contributed by atoms with E-state index >= 15 is 0 Å². The van der Waals surface area contributed by atoms with Gasteiger partial charge in [-0.25, -0.2) is 4.57 Å². The number of hydrogen-bond donors (Lipinski definition) is 3. The molecule has 0 aromatic carbocycles. The number of carbonyl (C=O) groups excluding carboxylic acids is 1. The van der Waals surface area contributed by atoms with Crippen LogP contribution < -0.4 is 5.32 Å². The van der Waals surface area contributed by atoms with E-state index in [1.54, 1.807) is 6.08 Å². The molecule has 0 aliphatic carbocycles. The third-order valence-corrected chi connectivity index (χ3v) is 13.1. The summed E-state index contributed by atoms with van der Waals surface area (Å²) in [5.74, 6) is -0.189. The minimum Gasteiger partial charge on any atom is -0.387 e. The van der Waals surface area contributed by atoms with Crippen molar-refractivity contribution in [2.45, 2.75) is 264 Å². The maximum Gasteiger partial charge on any atom is 0.472 e. The molecule has 3 unspecified atom stereocenters. The molecule has 0 heterocycles. The number of likely N-dealkylation sites (N-methyl/N-ethyl adjacent to an activating group) is 1. The Kier molecular flexibility index (Phi) is 44.9. The third kappa shape index (κ3) is 48.5. The molecule has 0 fully saturated rings. The first-order chi connectivity index (χ1) is 30.5. The number of carbonyl (C=O) groups is 1. The van der Waals surface area contributed by atoms with Gasteiger partial charge in [-0.15, -0.1) is 0 Å². The van der Waals surface area contributed by atoms with Gasteiger partial charge >= 0.3 is 7.82 Å². The quantitative estimate of drug-likeness (QED) is 0.0243. The van der Waals surface area contributed by atoms with E-state index in [0.717, 1.165) is 44.9 Å². The van der Waals surface area contributed by atoms with Crippen LogP contribution in [0.15, 0.2) is 36.5 Å². The molecule has 0 spiro atoms. The van der Waals surface area contributed by atoms with Gasteiger partial charge in [-0.2, -0.15) is 0 Å². The maximum absolute atomic E-state index is 12.9. The molecule has 63 heavy (non-hydrogen) atoms. The van der Waals surface area contributed by atoms with Crippen molar-refractivity contribution in [3.63, 3.8) is 0 Å². The Morgan fingerprint density at radius 2 is 0.873 bits per heavy atom. The monoisotopic (exact) mass is 910 g/mol. The predicted octanol–water partition coefficient (Wildman–Crippen LogP) is 15.8. The maximum atomic E-state index is 12.9. The number of phosphoric acid groups is 1. The van der Waals surface area contributed by atoms with Gasteiger partial charge in [0.25, 0.3) is 0 Å². The zero-order valence-electron chi connectivity index (χ0n) is 42.3. The van der Waals surface area contributed by atoms with Gasteiger partial charge in [-0.3, -0.25) is 13.8 Å². The van der Waals surface area contributed by atoms with Gasteiger partial charge in [-0.1, -0.05) is 237 Å². The number of amides is 1. The second-order valence-corrected chi connectivity index (χ2v) is 21.0. The van der Waals surface area contributed by atoms with E-state index < -0.39 is 20.0 Å². The fourth-order valence-electron chi connectivity index (χ4n) is 7.84. The van der Waals surface area contributed by atoms with Gasteiger partial charge in [-0.05, 0) is 44.9 Å². The first-order valence-electron chi connectivity index (χ1n) is 26.9. The van der Waals surface area contributed by atoms with Gasteiger partial charge in [0.05, 0.1) is 39.9 Å². The highest BCUT2D eigenvalue weighted by Crippen LogP contribution is 2.43. The SMILES string of the molecule is CCCCCCCCCCCCCCCCCCC/C=C/CC/C=C/CC/C=C/C(O)C(COP(=O)(O)OCC[N+](C)(C)C)NC(=O)CCCCCCCCCCCCCCCC. The van der Waals surface area contributed by atoms with Crippen molar-refractivity contribution in [2.24, 2.45) is 0 Å². The van der Waals surface area contributed by atoms with Gasteiger partial charge < -0.3 is 19.8 Å².